The molecule has 0 spiro atoms. The number of rotatable bonds is 5. The van der Waals surface area contributed by atoms with E-state index in [0.29, 0.717) is 12.2 Å². The summed E-state index contributed by atoms with van der Waals surface area (Å²) < 4.78 is 7.94. The standard InChI is InChI=1S/C12H19BrN2O2/c1-8(2)15-7-10(13)5-11(15)12(16)14-6-9(3)17-4/h5,7-9H,6H2,1-4H3,(H,14,16). The van der Waals surface area contributed by atoms with Crippen LogP contribution >= 0.6 is 15.9 Å². The summed E-state index contributed by atoms with van der Waals surface area (Å²) in [6.07, 6.45) is 1.93. The fourth-order valence-electron chi connectivity index (χ4n) is 1.47. The highest BCUT2D eigenvalue weighted by Crippen LogP contribution is 2.19. The van der Waals surface area contributed by atoms with E-state index in [1.807, 2.05) is 37.6 Å². The van der Waals surface area contributed by atoms with Gasteiger partial charge in [-0.1, -0.05) is 0 Å². The Kier molecular flexibility index (Phi) is 5.21. The number of carbonyl (C=O) groups excluding carboxylic acids is 1. The van der Waals surface area contributed by atoms with Gasteiger partial charge in [0.05, 0.1) is 6.10 Å². The fourth-order valence-corrected chi connectivity index (χ4v) is 1.90. The Morgan fingerprint density at radius 3 is 2.71 bits per heavy atom. The number of methoxy groups -OCH3 is 1. The van der Waals surface area contributed by atoms with E-state index in [9.17, 15) is 4.79 Å². The highest BCUT2D eigenvalue weighted by Gasteiger charge is 2.15. The minimum absolute atomic E-state index is 0.0184. The number of nitrogens with one attached hydrogen (secondary N) is 1. The third kappa shape index (κ3) is 3.85. The van der Waals surface area contributed by atoms with Gasteiger partial charge in [-0.05, 0) is 42.8 Å². The monoisotopic (exact) mass is 302 g/mol. The number of hydrogen-bond acceptors (Lipinski definition) is 2. The summed E-state index contributed by atoms with van der Waals surface area (Å²) in [5, 5.41) is 2.85. The second kappa shape index (κ2) is 6.21. The summed E-state index contributed by atoms with van der Waals surface area (Å²) >= 11 is 3.39. The van der Waals surface area contributed by atoms with Crippen LogP contribution in [0.2, 0.25) is 0 Å². The molecule has 17 heavy (non-hydrogen) atoms. The molecule has 96 valence electrons. The van der Waals surface area contributed by atoms with E-state index in [1.54, 1.807) is 7.11 Å². The maximum absolute atomic E-state index is 12.0. The highest BCUT2D eigenvalue weighted by atomic mass is 79.9. The van der Waals surface area contributed by atoms with E-state index in [4.69, 9.17) is 4.74 Å². The maximum atomic E-state index is 12.0. The van der Waals surface area contributed by atoms with E-state index in [1.165, 1.54) is 0 Å². The number of amides is 1. The first-order chi connectivity index (χ1) is 7.95. The summed E-state index contributed by atoms with van der Waals surface area (Å²) in [4.78, 5) is 12.0. The molecular formula is C12H19BrN2O2. The van der Waals surface area contributed by atoms with Crippen LogP contribution in [-0.2, 0) is 4.74 Å². The number of carbonyl (C=O) groups is 1. The molecule has 0 radical (unpaired) electrons. The van der Waals surface area contributed by atoms with Crippen molar-refractivity contribution < 1.29 is 9.53 Å². The van der Waals surface area contributed by atoms with Crippen LogP contribution in [0.5, 0.6) is 0 Å². The molecule has 1 N–H and O–H groups in total. The van der Waals surface area contributed by atoms with Crippen molar-refractivity contribution in [2.45, 2.75) is 32.9 Å². The first-order valence-electron chi connectivity index (χ1n) is 5.64. The second-order valence-corrected chi connectivity index (χ2v) is 5.22. The molecule has 1 rings (SSSR count). The van der Waals surface area contributed by atoms with Crippen molar-refractivity contribution in [3.8, 4) is 0 Å². The van der Waals surface area contributed by atoms with Gasteiger partial charge in [-0.2, -0.15) is 0 Å². The van der Waals surface area contributed by atoms with Gasteiger partial charge < -0.3 is 14.6 Å². The van der Waals surface area contributed by atoms with Gasteiger partial charge in [-0.3, -0.25) is 4.79 Å². The molecule has 1 atom stereocenters. The molecule has 5 heteroatoms. The molecule has 0 aromatic carbocycles. The van der Waals surface area contributed by atoms with E-state index < -0.39 is 0 Å². The van der Waals surface area contributed by atoms with Crippen molar-refractivity contribution in [3.05, 3.63) is 22.4 Å². The van der Waals surface area contributed by atoms with Crippen molar-refractivity contribution in [2.24, 2.45) is 0 Å². The first-order valence-corrected chi connectivity index (χ1v) is 6.43. The van der Waals surface area contributed by atoms with Crippen molar-refractivity contribution in [1.29, 1.82) is 0 Å². The average molecular weight is 303 g/mol. The Labute approximate surface area is 110 Å². The number of halogens is 1. The number of nitrogens with zero attached hydrogens (tertiary/aromatic N) is 1. The third-order valence-corrected chi connectivity index (χ3v) is 2.99. The van der Waals surface area contributed by atoms with E-state index >= 15 is 0 Å². The number of aromatic nitrogens is 1. The van der Waals surface area contributed by atoms with Crippen LogP contribution in [0.25, 0.3) is 0 Å². The molecule has 0 saturated carbocycles. The SMILES string of the molecule is COC(C)CNC(=O)c1cc(Br)cn1C(C)C. The lowest BCUT2D eigenvalue weighted by Crippen LogP contribution is -2.33. The van der Waals surface area contributed by atoms with Gasteiger partial charge >= 0.3 is 0 Å². The zero-order valence-electron chi connectivity index (χ0n) is 10.7. The molecule has 4 nitrogen and oxygen atoms in total. The molecule has 0 aliphatic heterocycles. The Balaban J connectivity index is 2.74. The summed E-state index contributed by atoms with van der Waals surface area (Å²) in [5.41, 5.74) is 0.662. The van der Waals surface area contributed by atoms with Gasteiger partial charge in [0.25, 0.3) is 5.91 Å². The molecular weight excluding hydrogens is 284 g/mol. The molecule has 0 aliphatic rings. The zero-order chi connectivity index (χ0) is 13.0. The lowest BCUT2D eigenvalue weighted by Gasteiger charge is -2.14. The number of hydrogen-bond donors (Lipinski definition) is 1. The largest absolute Gasteiger partial charge is 0.380 e. The van der Waals surface area contributed by atoms with Gasteiger partial charge in [0, 0.05) is 30.4 Å². The van der Waals surface area contributed by atoms with Crippen LogP contribution in [0.3, 0.4) is 0 Å². The van der Waals surface area contributed by atoms with E-state index in [0.717, 1.165) is 4.47 Å². The second-order valence-electron chi connectivity index (χ2n) is 4.30. The van der Waals surface area contributed by atoms with Gasteiger partial charge in [0.15, 0.2) is 0 Å². The van der Waals surface area contributed by atoms with E-state index in [-0.39, 0.29) is 18.1 Å². The van der Waals surface area contributed by atoms with Crippen LogP contribution in [0.15, 0.2) is 16.7 Å². The first kappa shape index (κ1) is 14.3. The predicted octanol–water partition coefficient (Wildman–Crippen LogP) is 2.60. The Bertz CT molecular complexity index is 388. The third-order valence-electron chi connectivity index (χ3n) is 2.56. The lowest BCUT2D eigenvalue weighted by molar-refractivity contribution is 0.0861. The molecule has 1 unspecified atom stereocenters. The number of ether oxygens (including phenoxy) is 1. The zero-order valence-corrected chi connectivity index (χ0v) is 12.2. The molecule has 0 fully saturated rings. The van der Waals surface area contributed by atoms with Gasteiger partial charge in [-0.15, -0.1) is 0 Å². The lowest BCUT2D eigenvalue weighted by atomic mass is 10.3. The van der Waals surface area contributed by atoms with Crippen LogP contribution in [0, 0.1) is 0 Å². The fraction of sp³-hybridized carbons (Fsp3) is 0.583. The molecule has 1 aromatic rings. The van der Waals surface area contributed by atoms with Crippen molar-refractivity contribution in [3.63, 3.8) is 0 Å². The van der Waals surface area contributed by atoms with Gasteiger partial charge in [0.2, 0.25) is 0 Å². The maximum Gasteiger partial charge on any atom is 0.268 e. The van der Waals surface area contributed by atoms with Gasteiger partial charge in [0.1, 0.15) is 5.69 Å². The summed E-state index contributed by atoms with van der Waals surface area (Å²) in [7, 11) is 1.63. The molecule has 0 bridgehead atoms. The summed E-state index contributed by atoms with van der Waals surface area (Å²) in [6.45, 7) is 6.51. The Morgan fingerprint density at radius 2 is 2.18 bits per heavy atom. The van der Waals surface area contributed by atoms with Crippen LogP contribution < -0.4 is 5.32 Å². The smallest absolute Gasteiger partial charge is 0.268 e. The molecule has 0 saturated heterocycles. The summed E-state index contributed by atoms with van der Waals surface area (Å²) in [5.74, 6) is -0.0756. The van der Waals surface area contributed by atoms with Crippen molar-refractivity contribution >= 4 is 21.8 Å². The Morgan fingerprint density at radius 1 is 1.53 bits per heavy atom. The average Bonchev–Trinajstić information content (AvgIpc) is 2.67. The van der Waals surface area contributed by atoms with Crippen molar-refractivity contribution in [2.75, 3.05) is 13.7 Å². The minimum atomic E-state index is -0.0756. The quantitative estimate of drug-likeness (QED) is 0.908. The summed E-state index contributed by atoms with van der Waals surface area (Å²) in [6, 6.07) is 2.08. The normalized spacial score (nSPS) is 12.8. The van der Waals surface area contributed by atoms with Crippen LogP contribution in [0.4, 0.5) is 0 Å². The molecule has 1 amide bonds. The van der Waals surface area contributed by atoms with Crippen LogP contribution in [0.1, 0.15) is 37.3 Å². The molecule has 0 aliphatic carbocycles. The van der Waals surface area contributed by atoms with Crippen molar-refractivity contribution in [1.82, 2.24) is 9.88 Å². The Hall–Kier alpha value is -0.810. The predicted molar refractivity (Wildman–Crippen MR) is 71.3 cm³/mol. The van der Waals surface area contributed by atoms with E-state index in [2.05, 4.69) is 21.2 Å². The molecule has 1 heterocycles. The van der Waals surface area contributed by atoms with Gasteiger partial charge in [-0.25, -0.2) is 0 Å². The highest BCUT2D eigenvalue weighted by molar-refractivity contribution is 9.10. The topological polar surface area (TPSA) is 43.3 Å². The minimum Gasteiger partial charge on any atom is -0.380 e. The molecule has 1 aromatic heterocycles. The van der Waals surface area contributed by atoms with Crippen LogP contribution in [-0.4, -0.2) is 30.2 Å².